The van der Waals surface area contributed by atoms with Crippen molar-refractivity contribution >= 4 is 17.9 Å². The lowest BCUT2D eigenvalue weighted by molar-refractivity contribution is -0.139. The first-order chi connectivity index (χ1) is 19.6. The van der Waals surface area contributed by atoms with Gasteiger partial charge in [0.1, 0.15) is 11.8 Å². The van der Waals surface area contributed by atoms with E-state index in [2.05, 4.69) is 38.7 Å². The molecule has 2 N–H and O–H groups in total. The molecule has 8 heteroatoms. The number of carbonyl (C=O) groups is 2. The molecule has 0 spiro atoms. The van der Waals surface area contributed by atoms with Gasteiger partial charge in [-0.2, -0.15) is 0 Å². The standard InChI is InChI=1S/C32H41N5O3/c1-40-28-7-5-22(6-8-28)13-24-16-30(31(38)35-18-23-14-25-9-10-33-19-26(25)15-23)37(21-24)32(39)29-17-27(20-34-29)36-11-3-2-4-12-36/h5-10,15,19,24,27,29-30,34H,2-4,11-14,16-18,20-21H2,1H3,(H,35,38). The zero-order valence-corrected chi connectivity index (χ0v) is 23.5. The maximum absolute atomic E-state index is 13.9. The van der Waals surface area contributed by atoms with Gasteiger partial charge in [-0.3, -0.25) is 19.5 Å². The fourth-order valence-electron chi connectivity index (χ4n) is 7.00. The van der Waals surface area contributed by atoms with Gasteiger partial charge in [0.25, 0.3) is 0 Å². The van der Waals surface area contributed by atoms with Gasteiger partial charge in [0.05, 0.1) is 13.2 Å². The van der Waals surface area contributed by atoms with E-state index in [1.807, 2.05) is 35.5 Å². The van der Waals surface area contributed by atoms with E-state index in [4.69, 9.17) is 4.74 Å². The second kappa shape index (κ2) is 12.1. The molecule has 0 saturated carbocycles. The lowest BCUT2D eigenvalue weighted by atomic mass is 9.96. The van der Waals surface area contributed by atoms with Gasteiger partial charge in [0.2, 0.25) is 11.8 Å². The number of ether oxygens (including phenoxy) is 1. The molecule has 4 unspecified atom stereocenters. The molecule has 4 aliphatic rings. The summed E-state index contributed by atoms with van der Waals surface area (Å²) in [5.74, 6) is 1.09. The van der Waals surface area contributed by atoms with Crippen molar-refractivity contribution in [3.63, 3.8) is 0 Å². The summed E-state index contributed by atoms with van der Waals surface area (Å²) in [6, 6.07) is 9.89. The zero-order valence-electron chi connectivity index (χ0n) is 23.5. The highest BCUT2D eigenvalue weighted by molar-refractivity contribution is 5.91. The number of hydrogen-bond donors (Lipinski definition) is 2. The molecule has 1 aliphatic carbocycles. The number of hydrogen-bond acceptors (Lipinski definition) is 6. The summed E-state index contributed by atoms with van der Waals surface area (Å²) in [6.45, 7) is 4.20. The Balaban J connectivity index is 1.12. The van der Waals surface area contributed by atoms with Gasteiger partial charge in [-0.05, 0) is 98.0 Å². The van der Waals surface area contributed by atoms with E-state index in [9.17, 15) is 9.59 Å². The number of carbonyl (C=O) groups excluding carboxylic acids is 2. The van der Waals surface area contributed by atoms with Gasteiger partial charge in [-0.15, -0.1) is 0 Å². The first-order valence-corrected chi connectivity index (χ1v) is 14.9. The quantitative estimate of drug-likeness (QED) is 0.533. The fourth-order valence-corrected chi connectivity index (χ4v) is 7.00. The Morgan fingerprint density at radius 3 is 2.70 bits per heavy atom. The number of methoxy groups -OCH3 is 1. The number of nitrogens with zero attached hydrogens (tertiary/aromatic N) is 3. The predicted molar refractivity (Wildman–Crippen MR) is 155 cm³/mol. The van der Waals surface area contributed by atoms with Crippen molar-refractivity contribution in [3.05, 3.63) is 65.0 Å². The molecule has 3 fully saturated rings. The number of likely N-dealkylation sites (tertiary alicyclic amines) is 2. The minimum atomic E-state index is -0.447. The van der Waals surface area contributed by atoms with E-state index in [-0.39, 0.29) is 23.8 Å². The molecule has 2 amide bonds. The number of amides is 2. The van der Waals surface area contributed by atoms with Crippen LogP contribution in [-0.4, -0.2) is 84.6 Å². The number of aromatic nitrogens is 1. The molecule has 6 rings (SSSR count). The summed E-state index contributed by atoms with van der Waals surface area (Å²) in [5, 5.41) is 6.68. The zero-order chi connectivity index (χ0) is 27.5. The third-order valence-corrected chi connectivity index (χ3v) is 9.18. The van der Waals surface area contributed by atoms with Crippen LogP contribution in [0.1, 0.15) is 48.8 Å². The van der Waals surface area contributed by atoms with Gasteiger partial charge in [0, 0.05) is 38.1 Å². The van der Waals surface area contributed by atoms with Crippen molar-refractivity contribution in [1.82, 2.24) is 25.4 Å². The second-order valence-electron chi connectivity index (χ2n) is 11.9. The highest BCUT2D eigenvalue weighted by Crippen LogP contribution is 2.30. The van der Waals surface area contributed by atoms with Crippen LogP contribution in [-0.2, 0) is 22.4 Å². The average molecular weight is 544 g/mol. The van der Waals surface area contributed by atoms with E-state index in [0.29, 0.717) is 25.6 Å². The SMILES string of the molecule is COc1ccc(CC2CC(C(=O)NCC3=Cc4cnccc4C3)N(C(=O)C3CC(N4CCCCC4)CN3)C2)cc1. The maximum Gasteiger partial charge on any atom is 0.243 e. The highest BCUT2D eigenvalue weighted by atomic mass is 16.5. The van der Waals surface area contributed by atoms with E-state index >= 15 is 0 Å². The summed E-state index contributed by atoms with van der Waals surface area (Å²) in [5.41, 5.74) is 4.74. The van der Waals surface area contributed by atoms with Gasteiger partial charge in [-0.1, -0.05) is 24.6 Å². The Hall–Kier alpha value is -3.23. The average Bonchev–Trinajstić information content (AvgIpc) is 3.75. The van der Waals surface area contributed by atoms with Crippen LogP contribution >= 0.6 is 0 Å². The molecule has 3 saturated heterocycles. The van der Waals surface area contributed by atoms with E-state index < -0.39 is 6.04 Å². The Labute approximate surface area is 237 Å². The lowest BCUT2D eigenvalue weighted by Gasteiger charge is -2.32. The van der Waals surface area contributed by atoms with Gasteiger partial charge in [-0.25, -0.2) is 0 Å². The third kappa shape index (κ3) is 5.93. The molecule has 2 aromatic rings. The normalized spacial score (nSPS) is 26.4. The minimum absolute atomic E-state index is 0.0499. The minimum Gasteiger partial charge on any atom is -0.497 e. The molecular formula is C32H41N5O3. The molecule has 1 aromatic heterocycles. The molecule has 4 heterocycles. The number of nitrogens with one attached hydrogen (secondary N) is 2. The van der Waals surface area contributed by atoms with Crippen LogP contribution < -0.4 is 15.4 Å². The lowest BCUT2D eigenvalue weighted by Crippen LogP contribution is -2.51. The Morgan fingerprint density at radius 1 is 1.10 bits per heavy atom. The monoisotopic (exact) mass is 543 g/mol. The molecule has 40 heavy (non-hydrogen) atoms. The fraction of sp³-hybridized carbons (Fsp3) is 0.531. The van der Waals surface area contributed by atoms with E-state index in [1.165, 1.54) is 36.0 Å². The first kappa shape index (κ1) is 27.0. The Morgan fingerprint density at radius 2 is 1.93 bits per heavy atom. The van der Waals surface area contributed by atoms with Crippen LogP contribution in [0.5, 0.6) is 5.75 Å². The van der Waals surface area contributed by atoms with Crippen LogP contribution in [0.15, 0.2) is 48.3 Å². The molecule has 0 bridgehead atoms. The summed E-state index contributed by atoms with van der Waals surface area (Å²) in [4.78, 5) is 36.2. The Bertz CT molecular complexity index is 1240. The number of fused-ring (bicyclic) bond motifs is 1. The maximum atomic E-state index is 13.9. The van der Waals surface area contributed by atoms with Crippen molar-refractivity contribution in [3.8, 4) is 5.75 Å². The Kier molecular flexibility index (Phi) is 8.16. The summed E-state index contributed by atoms with van der Waals surface area (Å²) >= 11 is 0. The smallest absolute Gasteiger partial charge is 0.243 e. The molecule has 1 aromatic carbocycles. The van der Waals surface area contributed by atoms with E-state index in [0.717, 1.165) is 50.2 Å². The molecule has 212 valence electrons. The number of piperidine rings is 1. The van der Waals surface area contributed by atoms with Crippen LogP contribution in [0.3, 0.4) is 0 Å². The van der Waals surface area contributed by atoms with Crippen LogP contribution in [0.25, 0.3) is 6.08 Å². The van der Waals surface area contributed by atoms with Crippen molar-refractivity contribution in [2.75, 3.05) is 39.8 Å². The topological polar surface area (TPSA) is 86.8 Å². The van der Waals surface area contributed by atoms with Crippen molar-refractivity contribution in [1.29, 1.82) is 0 Å². The predicted octanol–water partition coefficient (Wildman–Crippen LogP) is 2.82. The van der Waals surface area contributed by atoms with Crippen molar-refractivity contribution in [2.24, 2.45) is 5.92 Å². The van der Waals surface area contributed by atoms with Crippen LogP contribution in [0, 0.1) is 5.92 Å². The molecule has 3 aliphatic heterocycles. The summed E-state index contributed by atoms with van der Waals surface area (Å²) in [7, 11) is 1.67. The number of pyridine rings is 1. The summed E-state index contributed by atoms with van der Waals surface area (Å²) < 4.78 is 5.31. The number of rotatable bonds is 8. The first-order valence-electron chi connectivity index (χ1n) is 14.9. The third-order valence-electron chi connectivity index (χ3n) is 9.18. The van der Waals surface area contributed by atoms with Crippen molar-refractivity contribution < 1.29 is 14.3 Å². The molecular weight excluding hydrogens is 502 g/mol. The van der Waals surface area contributed by atoms with Gasteiger partial charge in [0.15, 0.2) is 0 Å². The molecule has 0 radical (unpaired) electrons. The second-order valence-corrected chi connectivity index (χ2v) is 11.9. The van der Waals surface area contributed by atoms with E-state index in [1.54, 1.807) is 7.11 Å². The largest absolute Gasteiger partial charge is 0.497 e. The van der Waals surface area contributed by atoms with Crippen LogP contribution in [0.2, 0.25) is 0 Å². The van der Waals surface area contributed by atoms with Crippen molar-refractivity contribution in [2.45, 2.75) is 63.1 Å². The van der Waals surface area contributed by atoms with Gasteiger partial charge >= 0.3 is 0 Å². The highest BCUT2D eigenvalue weighted by Gasteiger charge is 2.43. The molecule has 8 nitrogen and oxygen atoms in total. The van der Waals surface area contributed by atoms with Gasteiger partial charge < -0.3 is 20.3 Å². The number of benzene rings is 1. The molecule has 4 atom stereocenters. The summed E-state index contributed by atoms with van der Waals surface area (Å²) in [6.07, 6.45) is 12.8. The van der Waals surface area contributed by atoms with Crippen LogP contribution in [0.4, 0.5) is 0 Å².